The molecule has 0 saturated carbocycles. The number of fused-ring (bicyclic) bond motifs is 1. The third-order valence-electron chi connectivity index (χ3n) is 2.76. The maximum absolute atomic E-state index is 11.5. The number of para-hydroxylation sites is 1. The van der Waals surface area contributed by atoms with Crippen LogP contribution in [0.15, 0.2) is 24.3 Å². The average Bonchev–Trinajstić information content (AvgIpc) is 2.28. The molecule has 1 aliphatic heterocycles. The molecule has 0 spiro atoms. The fourth-order valence-corrected chi connectivity index (χ4v) is 1.85. The largest absolute Gasteiger partial charge is 0.383 e. The van der Waals surface area contributed by atoms with Crippen molar-refractivity contribution in [1.29, 1.82) is 0 Å². The van der Waals surface area contributed by atoms with Crippen LogP contribution in [-0.2, 0) is 6.42 Å². The minimum Gasteiger partial charge on any atom is -0.383 e. The van der Waals surface area contributed by atoms with Crippen LogP contribution in [0.3, 0.4) is 0 Å². The number of benzene rings is 1. The lowest BCUT2D eigenvalue weighted by molar-refractivity contribution is 0.213. The van der Waals surface area contributed by atoms with Gasteiger partial charge >= 0.3 is 6.03 Å². The van der Waals surface area contributed by atoms with Crippen LogP contribution in [0, 0.1) is 0 Å². The van der Waals surface area contributed by atoms with Crippen molar-refractivity contribution in [2.45, 2.75) is 12.5 Å². The number of urea groups is 1. The molecule has 4 heteroatoms. The van der Waals surface area contributed by atoms with Gasteiger partial charge in [-0.1, -0.05) is 18.2 Å². The van der Waals surface area contributed by atoms with Gasteiger partial charge in [-0.3, -0.25) is 0 Å². The summed E-state index contributed by atoms with van der Waals surface area (Å²) in [6, 6.07) is 8.34. The van der Waals surface area contributed by atoms with E-state index in [9.17, 15) is 4.79 Å². The molecule has 1 heterocycles. The quantitative estimate of drug-likeness (QED) is 0.747. The van der Waals surface area contributed by atoms with E-state index in [1.807, 2.05) is 12.1 Å². The number of nitrogens with one attached hydrogen (secondary N) is 2. The first-order valence-electron chi connectivity index (χ1n) is 5.46. The first kappa shape index (κ1) is 10.8. The third kappa shape index (κ3) is 2.27. The number of amides is 2. The van der Waals surface area contributed by atoms with Gasteiger partial charge in [-0.2, -0.15) is 0 Å². The molecule has 16 heavy (non-hydrogen) atoms. The summed E-state index contributed by atoms with van der Waals surface area (Å²) < 4.78 is 0. The Bertz CT molecular complexity index is 390. The molecular formula is C12H17N3O. The molecule has 0 aliphatic carbocycles. The summed E-state index contributed by atoms with van der Waals surface area (Å²) in [7, 11) is 3.50. The summed E-state index contributed by atoms with van der Waals surface area (Å²) in [6.07, 6.45) is 0.892. The Balaban J connectivity index is 2.00. The van der Waals surface area contributed by atoms with Crippen LogP contribution in [0.4, 0.5) is 10.5 Å². The molecule has 1 aliphatic rings. The van der Waals surface area contributed by atoms with E-state index >= 15 is 0 Å². The number of hydrogen-bond donors (Lipinski definition) is 2. The molecule has 4 nitrogen and oxygen atoms in total. The van der Waals surface area contributed by atoms with E-state index in [-0.39, 0.29) is 12.1 Å². The first-order chi connectivity index (χ1) is 7.66. The second kappa shape index (κ2) is 4.43. The van der Waals surface area contributed by atoms with E-state index in [0.717, 1.165) is 13.0 Å². The molecule has 1 unspecified atom stereocenters. The van der Waals surface area contributed by atoms with E-state index in [2.05, 4.69) is 22.8 Å². The molecule has 0 radical (unpaired) electrons. The second-order valence-corrected chi connectivity index (χ2v) is 4.28. The zero-order chi connectivity index (χ0) is 11.5. The number of nitrogens with zero attached hydrogens (tertiary/aromatic N) is 1. The normalized spacial score (nSPS) is 18.2. The molecule has 1 atom stereocenters. The van der Waals surface area contributed by atoms with Gasteiger partial charge in [0.2, 0.25) is 0 Å². The van der Waals surface area contributed by atoms with Crippen LogP contribution in [-0.4, -0.2) is 37.6 Å². The summed E-state index contributed by atoms with van der Waals surface area (Å²) in [5.74, 6) is 0. The lowest BCUT2D eigenvalue weighted by Gasteiger charge is -2.27. The van der Waals surface area contributed by atoms with Crippen LogP contribution >= 0.6 is 0 Å². The predicted octanol–water partition coefficient (Wildman–Crippen LogP) is 1.29. The minimum absolute atomic E-state index is 0.0359. The molecule has 1 aromatic carbocycles. The maximum Gasteiger partial charge on any atom is 0.317 e. The number of anilines is 1. The van der Waals surface area contributed by atoms with Gasteiger partial charge in [0, 0.05) is 26.3 Å². The lowest BCUT2D eigenvalue weighted by Crippen LogP contribution is -2.47. The van der Waals surface area contributed by atoms with E-state index < -0.39 is 0 Å². The monoisotopic (exact) mass is 219 g/mol. The van der Waals surface area contributed by atoms with Gasteiger partial charge in [-0.25, -0.2) is 4.79 Å². The van der Waals surface area contributed by atoms with Crippen molar-refractivity contribution < 1.29 is 4.79 Å². The number of carbonyl (C=O) groups excluding carboxylic acids is 1. The Labute approximate surface area is 95.6 Å². The zero-order valence-electron chi connectivity index (χ0n) is 9.66. The van der Waals surface area contributed by atoms with Crippen LogP contribution in [0.1, 0.15) is 5.56 Å². The Morgan fingerprint density at radius 1 is 1.44 bits per heavy atom. The van der Waals surface area contributed by atoms with Crippen molar-refractivity contribution >= 4 is 11.7 Å². The van der Waals surface area contributed by atoms with E-state index in [1.165, 1.54) is 11.3 Å². The highest BCUT2D eigenvalue weighted by molar-refractivity contribution is 5.74. The Morgan fingerprint density at radius 3 is 2.94 bits per heavy atom. The van der Waals surface area contributed by atoms with Gasteiger partial charge in [-0.05, 0) is 18.1 Å². The van der Waals surface area contributed by atoms with Crippen molar-refractivity contribution in [3.63, 3.8) is 0 Å². The van der Waals surface area contributed by atoms with Crippen molar-refractivity contribution in [2.24, 2.45) is 0 Å². The fraction of sp³-hybridized carbons (Fsp3) is 0.417. The number of carbonyl (C=O) groups is 1. The zero-order valence-corrected chi connectivity index (χ0v) is 9.66. The van der Waals surface area contributed by atoms with Crippen molar-refractivity contribution in [3.8, 4) is 0 Å². The molecule has 0 aromatic heterocycles. The summed E-state index contributed by atoms with van der Waals surface area (Å²) in [5.41, 5.74) is 2.44. The number of hydrogen-bond acceptors (Lipinski definition) is 2. The smallest absolute Gasteiger partial charge is 0.317 e. The second-order valence-electron chi connectivity index (χ2n) is 4.28. The van der Waals surface area contributed by atoms with Gasteiger partial charge in [0.1, 0.15) is 0 Å². The lowest BCUT2D eigenvalue weighted by atomic mass is 10.00. The molecule has 0 saturated heterocycles. The predicted molar refractivity (Wildman–Crippen MR) is 64.6 cm³/mol. The highest BCUT2D eigenvalue weighted by Crippen LogP contribution is 2.20. The van der Waals surface area contributed by atoms with Crippen LogP contribution < -0.4 is 10.6 Å². The number of rotatable bonds is 1. The SMILES string of the molecule is CN(C)C(=O)NC1CNc2ccccc2C1. The Kier molecular flexibility index (Phi) is 2.99. The Hall–Kier alpha value is -1.71. The third-order valence-corrected chi connectivity index (χ3v) is 2.76. The molecule has 1 aromatic rings. The van der Waals surface area contributed by atoms with Gasteiger partial charge < -0.3 is 15.5 Å². The van der Waals surface area contributed by atoms with Crippen molar-refractivity contribution in [1.82, 2.24) is 10.2 Å². The molecule has 0 fully saturated rings. The average molecular weight is 219 g/mol. The van der Waals surface area contributed by atoms with E-state index in [0.29, 0.717) is 0 Å². The Morgan fingerprint density at radius 2 is 2.19 bits per heavy atom. The van der Waals surface area contributed by atoms with Crippen LogP contribution in [0.2, 0.25) is 0 Å². The van der Waals surface area contributed by atoms with Gasteiger partial charge in [0.15, 0.2) is 0 Å². The topological polar surface area (TPSA) is 44.4 Å². The first-order valence-corrected chi connectivity index (χ1v) is 5.46. The van der Waals surface area contributed by atoms with E-state index in [1.54, 1.807) is 19.0 Å². The summed E-state index contributed by atoms with van der Waals surface area (Å²) >= 11 is 0. The minimum atomic E-state index is -0.0359. The summed E-state index contributed by atoms with van der Waals surface area (Å²) in [5, 5.41) is 6.31. The molecule has 2 amide bonds. The summed E-state index contributed by atoms with van der Waals surface area (Å²) in [4.78, 5) is 13.1. The molecule has 86 valence electrons. The molecule has 2 rings (SSSR count). The standard InChI is InChI=1S/C12H17N3O/c1-15(2)12(16)14-10-7-9-5-3-4-6-11(9)13-8-10/h3-6,10,13H,7-8H2,1-2H3,(H,14,16). The van der Waals surface area contributed by atoms with Crippen molar-refractivity contribution in [2.75, 3.05) is 26.0 Å². The highest BCUT2D eigenvalue weighted by atomic mass is 16.2. The molecule has 2 N–H and O–H groups in total. The van der Waals surface area contributed by atoms with Crippen LogP contribution in [0.5, 0.6) is 0 Å². The summed E-state index contributed by atoms with van der Waals surface area (Å²) in [6.45, 7) is 0.788. The fourth-order valence-electron chi connectivity index (χ4n) is 1.85. The molecule has 0 bridgehead atoms. The van der Waals surface area contributed by atoms with Crippen LogP contribution in [0.25, 0.3) is 0 Å². The van der Waals surface area contributed by atoms with Gasteiger partial charge in [0.05, 0.1) is 6.04 Å². The highest BCUT2D eigenvalue weighted by Gasteiger charge is 2.19. The van der Waals surface area contributed by atoms with Gasteiger partial charge in [0.25, 0.3) is 0 Å². The molecular weight excluding hydrogens is 202 g/mol. The van der Waals surface area contributed by atoms with E-state index in [4.69, 9.17) is 0 Å². The van der Waals surface area contributed by atoms with Gasteiger partial charge in [-0.15, -0.1) is 0 Å². The van der Waals surface area contributed by atoms with Crippen molar-refractivity contribution in [3.05, 3.63) is 29.8 Å². The maximum atomic E-state index is 11.5.